The molecule has 2 aromatic carbocycles. The predicted octanol–water partition coefficient (Wildman–Crippen LogP) is 4.13. The van der Waals surface area contributed by atoms with Gasteiger partial charge < -0.3 is 14.7 Å². The van der Waals surface area contributed by atoms with E-state index in [1.165, 1.54) is 16.8 Å². The summed E-state index contributed by atoms with van der Waals surface area (Å²) in [7, 11) is 4.10. The van der Waals surface area contributed by atoms with Gasteiger partial charge in [-0.2, -0.15) is 0 Å². The molecule has 26 heavy (non-hydrogen) atoms. The Hall–Kier alpha value is -2.33. The van der Waals surface area contributed by atoms with Gasteiger partial charge in [-0.25, -0.2) is 0 Å². The van der Waals surface area contributed by atoms with E-state index in [4.69, 9.17) is 0 Å². The van der Waals surface area contributed by atoms with Gasteiger partial charge in [-0.1, -0.05) is 30.3 Å². The number of carbonyl (C=O) groups is 1. The molecule has 0 aliphatic carbocycles. The normalized spacial score (nSPS) is 17.9. The van der Waals surface area contributed by atoms with Crippen LogP contribution in [0.4, 0.5) is 17.1 Å². The minimum absolute atomic E-state index is 0.0426. The fourth-order valence-corrected chi connectivity index (χ4v) is 4.33. The lowest BCUT2D eigenvalue weighted by atomic mass is 10.0. The lowest BCUT2D eigenvalue weighted by Crippen LogP contribution is -2.33. The van der Waals surface area contributed by atoms with Crippen LogP contribution in [0, 0.1) is 0 Å². The molecule has 136 valence electrons. The van der Waals surface area contributed by atoms with E-state index in [1.54, 1.807) is 0 Å². The second-order valence-corrected chi connectivity index (χ2v) is 7.59. The summed E-state index contributed by atoms with van der Waals surface area (Å²) < 4.78 is 0. The number of anilines is 3. The van der Waals surface area contributed by atoms with Crippen LogP contribution in [0.1, 0.15) is 36.9 Å². The third-order valence-electron chi connectivity index (χ3n) is 5.56. The van der Waals surface area contributed by atoms with E-state index >= 15 is 0 Å². The number of rotatable bonds is 4. The van der Waals surface area contributed by atoms with Crippen LogP contribution in [0.5, 0.6) is 0 Å². The molecule has 0 fully saturated rings. The zero-order valence-corrected chi connectivity index (χ0v) is 15.9. The summed E-state index contributed by atoms with van der Waals surface area (Å²) in [5.74, 6) is 0.213. The van der Waals surface area contributed by atoms with Crippen molar-refractivity contribution in [2.75, 3.05) is 37.0 Å². The van der Waals surface area contributed by atoms with Gasteiger partial charge in [-0.3, -0.25) is 4.79 Å². The molecule has 2 aliphatic heterocycles. The average molecular weight is 349 g/mol. The molecular formula is C22H27N3O. The number of fused-ring (bicyclic) bond motifs is 2. The van der Waals surface area contributed by atoms with Crippen LogP contribution in [-0.2, 0) is 11.2 Å². The number of amides is 1. The molecule has 0 N–H and O–H groups in total. The van der Waals surface area contributed by atoms with Gasteiger partial charge in [0.05, 0.1) is 17.4 Å². The van der Waals surface area contributed by atoms with Crippen LogP contribution in [0.3, 0.4) is 0 Å². The van der Waals surface area contributed by atoms with Crippen molar-refractivity contribution in [2.24, 2.45) is 0 Å². The highest BCUT2D eigenvalue weighted by Crippen LogP contribution is 2.49. The predicted molar refractivity (Wildman–Crippen MR) is 107 cm³/mol. The Morgan fingerprint density at radius 3 is 2.65 bits per heavy atom. The minimum Gasteiger partial charge on any atom is -0.339 e. The molecule has 0 saturated carbocycles. The fourth-order valence-electron chi connectivity index (χ4n) is 4.33. The fraction of sp³-hybridized carbons (Fsp3) is 0.409. The number of nitrogens with zero attached hydrogens (tertiary/aromatic N) is 3. The van der Waals surface area contributed by atoms with E-state index in [0.717, 1.165) is 37.3 Å². The Bertz CT molecular complexity index is 830. The average Bonchev–Trinajstić information content (AvgIpc) is 3.01. The molecule has 1 unspecified atom stereocenters. The highest BCUT2D eigenvalue weighted by Gasteiger charge is 2.35. The maximum atomic E-state index is 13.2. The number of hydrogen-bond acceptors (Lipinski definition) is 3. The zero-order chi connectivity index (χ0) is 18.3. The molecule has 2 heterocycles. The van der Waals surface area contributed by atoms with Gasteiger partial charge in [0.2, 0.25) is 5.91 Å². The van der Waals surface area contributed by atoms with E-state index in [2.05, 4.69) is 67.2 Å². The first kappa shape index (κ1) is 17.1. The molecule has 4 rings (SSSR count). The van der Waals surface area contributed by atoms with Crippen molar-refractivity contribution < 1.29 is 4.79 Å². The number of carbonyl (C=O) groups excluding carboxylic acids is 1. The van der Waals surface area contributed by atoms with Crippen LogP contribution in [0.2, 0.25) is 0 Å². The van der Waals surface area contributed by atoms with Gasteiger partial charge in [0, 0.05) is 18.7 Å². The van der Waals surface area contributed by atoms with Crippen LogP contribution in [-0.4, -0.2) is 38.0 Å². The standard InChI is InChI=1S/C22H27N3O/c1-16-18-9-6-8-17-13-15-24(22(17)18)19-10-4-5-11-20(19)25(16)21(26)12-7-14-23(2)3/h4-6,8-11,16H,7,12-15H2,1-3H3. The van der Waals surface area contributed by atoms with E-state index in [9.17, 15) is 4.79 Å². The van der Waals surface area contributed by atoms with Gasteiger partial charge in [-0.15, -0.1) is 0 Å². The molecule has 4 heteroatoms. The van der Waals surface area contributed by atoms with E-state index < -0.39 is 0 Å². The number of benzene rings is 2. The first-order chi connectivity index (χ1) is 12.6. The smallest absolute Gasteiger partial charge is 0.227 e. The van der Waals surface area contributed by atoms with Crippen molar-refractivity contribution in [1.29, 1.82) is 0 Å². The van der Waals surface area contributed by atoms with Crippen molar-refractivity contribution in [3.05, 3.63) is 53.6 Å². The molecule has 4 nitrogen and oxygen atoms in total. The topological polar surface area (TPSA) is 26.8 Å². The number of para-hydroxylation sites is 3. The van der Waals surface area contributed by atoms with Gasteiger partial charge in [0.25, 0.3) is 0 Å². The molecule has 2 aromatic rings. The first-order valence-corrected chi connectivity index (χ1v) is 9.53. The van der Waals surface area contributed by atoms with Gasteiger partial charge in [0.1, 0.15) is 0 Å². The highest BCUT2D eigenvalue weighted by molar-refractivity contribution is 6.00. The monoisotopic (exact) mass is 349 g/mol. The summed E-state index contributed by atoms with van der Waals surface area (Å²) in [5.41, 5.74) is 6.17. The van der Waals surface area contributed by atoms with Crippen molar-refractivity contribution in [3.8, 4) is 0 Å². The second kappa shape index (κ2) is 6.76. The van der Waals surface area contributed by atoms with Crippen molar-refractivity contribution in [1.82, 2.24) is 4.90 Å². The lowest BCUT2D eigenvalue weighted by molar-refractivity contribution is -0.119. The van der Waals surface area contributed by atoms with Crippen molar-refractivity contribution >= 4 is 23.0 Å². The van der Waals surface area contributed by atoms with Crippen LogP contribution < -0.4 is 9.80 Å². The van der Waals surface area contributed by atoms with Gasteiger partial charge in [-0.05, 0) is 63.7 Å². The molecule has 0 saturated heterocycles. The largest absolute Gasteiger partial charge is 0.339 e. The summed E-state index contributed by atoms with van der Waals surface area (Å²) in [4.78, 5) is 19.8. The van der Waals surface area contributed by atoms with E-state index in [0.29, 0.717) is 6.42 Å². The van der Waals surface area contributed by atoms with Crippen LogP contribution >= 0.6 is 0 Å². The lowest BCUT2D eigenvalue weighted by Gasteiger charge is -2.30. The quantitative estimate of drug-likeness (QED) is 0.830. The molecule has 0 radical (unpaired) electrons. The molecule has 0 spiro atoms. The number of hydrogen-bond donors (Lipinski definition) is 0. The molecule has 1 amide bonds. The Morgan fingerprint density at radius 1 is 1.12 bits per heavy atom. The molecular weight excluding hydrogens is 322 g/mol. The Labute approximate surface area is 156 Å². The van der Waals surface area contributed by atoms with Gasteiger partial charge >= 0.3 is 0 Å². The first-order valence-electron chi connectivity index (χ1n) is 9.53. The molecule has 2 aliphatic rings. The molecule has 0 aromatic heterocycles. The Morgan fingerprint density at radius 2 is 1.88 bits per heavy atom. The van der Waals surface area contributed by atoms with Crippen LogP contribution in [0.15, 0.2) is 42.5 Å². The van der Waals surface area contributed by atoms with E-state index in [-0.39, 0.29) is 11.9 Å². The second-order valence-electron chi connectivity index (χ2n) is 7.59. The zero-order valence-electron chi connectivity index (χ0n) is 15.9. The summed E-state index contributed by atoms with van der Waals surface area (Å²) in [6, 6.07) is 15.0. The Balaban J connectivity index is 1.77. The maximum Gasteiger partial charge on any atom is 0.227 e. The Kier molecular flexibility index (Phi) is 4.45. The van der Waals surface area contributed by atoms with Crippen molar-refractivity contribution in [2.45, 2.75) is 32.2 Å². The third-order valence-corrected chi connectivity index (χ3v) is 5.56. The summed E-state index contributed by atoms with van der Waals surface area (Å²) in [6.07, 6.45) is 2.53. The summed E-state index contributed by atoms with van der Waals surface area (Å²) in [5, 5.41) is 0. The summed E-state index contributed by atoms with van der Waals surface area (Å²) in [6.45, 7) is 4.08. The molecule has 1 atom stereocenters. The van der Waals surface area contributed by atoms with Gasteiger partial charge in [0.15, 0.2) is 0 Å². The minimum atomic E-state index is 0.0426. The van der Waals surface area contributed by atoms with Crippen LogP contribution in [0.25, 0.3) is 0 Å². The molecule has 0 bridgehead atoms. The SMILES string of the molecule is CC1c2cccc3c2N(CC3)c2ccccc2N1C(=O)CCCN(C)C. The highest BCUT2D eigenvalue weighted by atomic mass is 16.2. The van der Waals surface area contributed by atoms with E-state index in [1.807, 2.05) is 11.0 Å². The third kappa shape index (κ3) is 2.78. The van der Waals surface area contributed by atoms with Crippen molar-refractivity contribution in [3.63, 3.8) is 0 Å². The summed E-state index contributed by atoms with van der Waals surface area (Å²) >= 11 is 0. The maximum absolute atomic E-state index is 13.2.